The van der Waals surface area contributed by atoms with Crippen molar-refractivity contribution >= 4 is 29.1 Å². The molecule has 6 nitrogen and oxygen atoms in total. The number of ketones is 1. The number of allylic oxidation sites excluding steroid dienone is 2. The average molecular weight is 494 g/mol. The van der Waals surface area contributed by atoms with Gasteiger partial charge in [-0.25, -0.2) is 0 Å². The number of carbonyl (C=O) groups excluding carboxylic acids is 2. The second-order valence-electron chi connectivity index (χ2n) is 9.42. The highest BCUT2D eigenvalue weighted by molar-refractivity contribution is 6.30. The number of nitrogens with zero attached hydrogens (tertiary/aromatic N) is 1. The summed E-state index contributed by atoms with van der Waals surface area (Å²) in [5.41, 5.74) is 3.88. The summed E-state index contributed by atoms with van der Waals surface area (Å²) in [6.07, 6.45) is 1.45. The Morgan fingerprint density at radius 2 is 1.83 bits per heavy atom. The maximum Gasteiger partial charge on any atom is 0.315 e. The van der Waals surface area contributed by atoms with E-state index < -0.39 is 11.8 Å². The standard InChI is InChI=1S/C28H28ClNO5/c1-4-15(2)35-28(32)25-16(3)30-21-11-19(17-5-8-20(29)9-6-17)12-22(31)27(21)26(25)18-7-10-23-24(13-18)34-14-33-23/h5-10,13,15,19,25-26H,4,11-12,14H2,1-3H3/t15-,19-,25?,26+/m1/s1. The summed E-state index contributed by atoms with van der Waals surface area (Å²) in [4.78, 5) is 31.9. The van der Waals surface area contributed by atoms with Crippen LogP contribution in [-0.4, -0.2) is 30.4 Å². The van der Waals surface area contributed by atoms with Crippen molar-refractivity contribution in [2.24, 2.45) is 10.9 Å². The Morgan fingerprint density at radius 3 is 2.57 bits per heavy atom. The monoisotopic (exact) mass is 493 g/mol. The Morgan fingerprint density at radius 1 is 1.11 bits per heavy atom. The van der Waals surface area contributed by atoms with Gasteiger partial charge in [0.05, 0.1) is 6.10 Å². The first-order chi connectivity index (χ1) is 16.9. The van der Waals surface area contributed by atoms with E-state index in [-0.39, 0.29) is 30.6 Å². The number of esters is 1. The maximum absolute atomic E-state index is 13.7. The lowest BCUT2D eigenvalue weighted by Gasteiger charge is -2.37. The second kappa shape index (κ2) is 9.50. The van der Waals surface area contributed by atoms with Crippen molar-refractivity contribution in [2.75, 3.05) is 6.79 Å². The van der Waals surface area contributed by atoms with Crippen molar-refractivity contribution < 1.29 is 23.8 Å². The van der Waals surface area contributed by atoms with Gasteiger partial charge in [0.1, 0.15) is 5.92 Å². The number of carbonyl (C=O) groups is 2. The van der Waals surface area contributed by atoms with E-state index in [2.05, 4.69) is 0 Å². The summed E-state index contributed by atoms with van der Waals surface area (Å²) in [5, 5.41) is 0.660. The van der Waals surface area contributed by atoms with Gasteiger partial charge in [-0.3, -0.25) is 14.6 Å². The van der Waals surface area contributed by atoms with Gasteiger partial charge in [-0.05, 0) is 68.0 Å². The highest BCUT2D eigenvalue weighted by Crippen LogP contribution is 2.48. The summed E-state index contributed by atoms with van der Waals surface area (Å²) < 4.78 is 16.8. The van der Waals surface area contributed by atoms with Crippen molar-refractivity contribution in [3.8, 4) is 11.5 Å². The third-order valence-electron chi connectivity index (χ3n) is 7.13. The number of benzene rings is 2. The Balaban J connectivity index is 1.57. The van der Waals surface area contributed by atoms with Crippen LogP contribution in [0.1, 0.15) is 63.0 Å². The minimum Gasteiger partial charge on any atom is -0.462 e. The van der Waals surface area contributed by atoms with Crippen molar-refractivity contribution in [3.63, 3.8) is 0 Å². The molecule has 2 heterocycles. The van der Waals surface area contributed by atoms with E-state index in [9.17, 15) is 9.59 Å². The summed E-state index contributed by atoms with van der Waals surface area (Å²) in [6, 6.07) is 13.2. The summed E-state index contributed by atoms with van der Waals surface area (Å²) in [6.45, 7) is 5.84. The lowest BCUT2D eigenvalue weighted by atomic mass is 9.69. The van der Waals surface area contributed by atoms with Crippen LogP contribution in [0, 0.1) is 5.92 Å². The van der Waals surface area contributed by atoms with Crippen molar-refractivity contribution in [3.05, 3.63) is 69.9 Å². The molecular formula is C28H28ClNO5. The van der Waals surface area contributed by atoms with Crippen LogP contribution < -0.4 is 9.47 Å². The first-order valence-corrected chi connectivity index (χ1v) is 12.4. The number of ether oxygens (including phenoxy) is 3. The predicted molar refractivity (Wildman–Crippen MR) is 133 cm³/mol. The van der Waals surface area contributed by atoms with Gasteiger partial charge in [-0.1, -0.05) is 36.7 Å². The molecule has 3 aliphatic rings. The van der Waals surface area contributed by atoms with Gasteiger partial charge in [0.2, 0.25) is 6.79 Å². The molecule has 1 unspecified atom stereocenters. The summed E-state index contributed by atoms with van der Waals surface area (Å²) >= 11 is 6.07. The minimum atomic E-state index is -0.681. The molecule has 4 atom stereocenters. The Labute approximate surface area is 209 Å². The molecule has 0 saturated heterocycles. The maximum atomic E-state index is 13.7. The number of Topliss-reactive ketones (excluding diaryl/α,β-unsaturated/α-hetero) is 1. The van der Waals surface area contributed by atoms with E-state index in [1.165, 1.54) is 0 Å². The van der Waals surface area contributed by atoms with Crippen LogP contribution in [0.2, 0.25) is 5.02 Å². The van der Waals surface area contributed by atoms with E-state index in [0.29, 0.717) is 47.1 Å². The van der Waals surface area contributed by atoms with Gasteiger partial charge in [-0.2, -0.15) is 0 Å². The Bertz CT molecular complexity index is 1230. The van der Waals surface area contributed by atoms with E-state index in [1.807, 2.05) is 63.2 Å². The fraction of sp³-hybridized carbons (Fsp3) is 0.393. The first kappa shape index (κ1) is 23.6. The van der Waals surface area contributed by atoms with Crippen molar-refractivity contribution in [1.29, 1.82) is 0 Å². The van der Waals surface area contributed by atoms with Gasteiger partial charge >= 0.3 is 5.97 Å². The van der Waals surface area contributed by atoms with Gasteiger partial charge in [-0.15, -0.1) is 0 Å². The molecule has 35 heavy (non-hydrogen) atoms. The van der Waals surface area contributed by atoms with Crippen LogP contribution in [0.25, 0.3) is 0 Å². The fourth-order valence-electron chi connectivity index (χ4n) is 5.16. The predicted octanol–water partition coefficient (Wildman–Crippen LogP) is 5.99. The highest BCUT2D eigenvalue weighted by Gasteiger charge is 2.45. The van der Waals surface area contributed by atoms with Crippen LogP contribution in [0.3, 0.4) is 0 Å². The molecule has 7 heteroatoms. The number of hydrogen-bond donors (Lipinski definition) is 0. The number of fused-ring (bicyclic) bond motifs is 1. The van der Waals surface area contributed by atoms with Crippen LogP contribution >= 0.6 is 11.6 Å². The van der Waals surface area contributed by atoms with Crippen LogP contribution in [0.5, 0.6) is 11.5 Å². The molecule has 2 aromatic rings. The van der Waals surface area contributed by atoms with Gasteiger partial charge in [0.15, 0.2) is 17.3 Å². The topological polar surface area (TPSA) is 74.2 Å². The normalized spacial score (nSPS) is 24.1. The van der Waals surface area contributed by atoms with Crippen molar-refractivity contribution in [2.45, 2.75) is 58.0 Å². The lowest BCUT2D eigenvalue weighted by Crippen LogP contribution is -2.39. The van der Waals surface area contributed by atoms with E-state index >= 15 is 0 Å². The molecule has 1 aliphatic carbocycles. The molecular weight excluding hydrogens is 466 g/mol. The zero-order valence-corrected chi connectivity index (χ0v) is 20.8. The number of hydrogen-bond acceptors (Lipinski definition) is 6. The SMILES string of the molecule is CC[C@@H](C)OC(=O)C1C(C)=NC2=C(C(=O)C[C@H](c3ccc(Cl)cc3)C2)[C@H]1c1ccc2c(c1)OCO2. The molecule has 182 valence electrons. The number of aliphatic imine (C=N–C) groups is 1. The molecule has 0 aromatic heterocycles. The zero-order valence-electron chi connectivity index (χ0n) is 20.0. The van der Waals surface area contributed by atoms with Crippen LogP contribution in [-0.2, 0) is 14.3 Å². The van der Waals surface area contributed by atoms with E-state index in [4.69, 9.17) is 30.8 Å². The lowest BCUT2D eigenvalue weighted by molar-refractivity contribution is -0.151. The van der Waals surface area contributed by atoms with Crippen molar-refractivity contribution in [1.82, 2.24) is 0 Å². The molecule has 5 rings (SSSR count). The summed E-state index contributed by atoms with van der Waals surface area (Å²) in [7, 11) is 0. The molecule has 0 bridgehead atoms. The smallest absolute Gasteiger partial charge is 0.315 e. The van der Waals surface area contributed by atoms with Crippen LogP contribution in [0.15, 0.2) is 58.7 Å². The third kappa shape index (κ3) is 4.47. The highest BCUT2D eigenvalue weighted by atomic mass is 35.5. The largest absolute Gasteiger partial charge is 0.462 e. The first-order valence-electron chi connectivity index (χ1n) is 12.0. The quantitative estimate of drug-likeness (QED) is 0.478. The van der Waals surface area contributed by atoms with Crippen LogP contribution in [0.4, 0.5) is 0 Å². The van der Waals surface area contributed by atoms with Gasteiger partial charge in [0.25, 0.3) is 0 Å². The zero-order chi connectivity index (χ0) is 24.7. The Hall–Kier alpha value is -3.12. The molecule has 0 radical (unpaired) electrons. The minimum absolute atomic E-state index is 0.00598. The molecule has 2 aromatic carbocycles. The number of halogens is 1. The Kier molecular flexibility index (Phi) is 6.41. The molecule has 0 N–H and O–H groups in total. The molecule has 0 fully saturated rings. The second-order valence-corrected chi connectivity index (χ2v) is 9.85. The van der Waals surface area contributed by atoms with E-state index in [0.717, 1.165) is 16.8 Å². The third-order valence-corrected chi connectivity index (χ3v) is 7.38. The molecule has 0 spiro atoms. The molecule has 2 aliphatic heterocycles. The fourth-order valence-corrected chi connectivity index (χ4v) is 5.28. The van der Waals surface area contributed by atoms with Gasteiger partial charge in [0, 0.05) is 34.3 Å². The summed E-state index contributed by atoms with van der Waals surface area (Å²) in [5.74, 6) is -0.252. The molecule has 0 amide bonds. The van der Waals surface area contributed by atoms with E-state index in [1.54, 1.807) is 0 Å². The number of rotatable bonds is 5. The average Bonchev–Trinajstić information content (AvgIpc) is 3.31. The van der Waals surface area contributed by atoms with Gasteiger partial charge < -0.3 is 14.2 Å². The molecule has 0 saturated carbocycles.